The summed E-state index contributed by atoms with van der Waals surface area (Å²) < 4.78 is 45.6. The molecule has 0 aromatic heterocycles. The van der Waals surface area contributed by atoms with Crippen LogP contribution in [0.1, 0.15) is 16.8 Å². The van der Waals surface area contributed by atoms with Crippen LogP contribution in [0.3, 0.4) is 0 Å². The van der Waals surface area contributed by atoms with Gasteiger partial charge in [0.1, 0.15) is 5.75 Å². The lowest BCUT2D eigenvalue weighted by atomic mass is 10.2. The summed E-state index contributed by atoms with van der Waals surface area (Å²) in [6, 6.07) is 12.2. The number of nitrogens with zero attached hydrogens (tertiary/aromatic N) is 1. The lowest BCUT2D eigenvalue weighted by Crippen LogP contribution is -2.22. The molecular formula is C19H19F3N2O3. The van der Waals surface area contributed by atoms with E-state index in [0.29, 0.717) is 5.69 Å². The molecule has 144 valence electrons. The van der Waals surface area contributed by atoms with Crippen molar-refractivity contribution in [3.05, 3.63) is 54.1 Å². The van der Waals surface area contributed by atoms with E-state index in [9.17, 15) is 18.0 Å². The quantitative estimate of drug-likeness (QED) is 0.850. The number of hydrogen-bond acceptors (Lipinski definition) is 4. The van der Waals surface area contributed by atoms with Crippen molar-refractivity contribution >= 4 is 17.3 Å². The summed E-state index contributed by atoms with van der Waals surface area (Å²) >= 11 is 0. The Hall–Kier alpha value is -2.74. The van der Waals surface area contributed by atoms with Crippen molar-refractivity contribution in [1.29, 1.82) is 0 Å². The van der Waals surface area contributed by atoms with Gasteiger partial charge in [-0.05, 0) is 55.0 Å². The molecule has 2 aromatic rings. The van der Waals surface area contributed by atoms with E-state index in [-0.39, 0.29) is 17.4 Å². The van der Waals surface area contributed by atoms with Crippen molar-refractivity contribution in [2.75, 3.05) is 30.4 Å². The third kappa shape index (κ3) is 5.13. The van der Waals surface area contributed by atoms with Gasteiger partial charge >= 0.3 is 6.36 Å². The molecule has 1 saturated heterocycles. The van der Waals surface area contributed by atoms with Gasteiger partial charge in [0.25, 0.3) is 5.91 Å². The Morgan fingerprint density at radius 3 is 2.33 bits per heavy atom. The first-order valence-corrected chi connectivity index (χ1v) is 8.39. The van der Waals surface area contributed by atoms with Crippen LogP contribution in [0.2, 0.25) is 0 Å². The van der Waals surface area contributed by atoms with Crippen LogP contribution in [-0.2, 0) is 4.74 Å². The number of carbonyl (C=O) groups excluding carboxylic acids is 1. The van der Waals surface area contributed by atoms with Gasteiger partial charge < -0.3 is 19.7 Å². The number of ether oxygens (including phenoxy) is 2. The van der Waals surface area contributed by atoms with E-state index in [1.807, 2.05) is 12.1 Å². The lowest BCUT2D eigenvalue weighted by Gasteiger charge is -2.18. The van der Waals surface area contributed by atoms with Crippen molar-refractivity contribution < 1.29 is 27.4 Å². The van der Waals surface area contributed by atoms with Gasteiger partial charge in [0.2, 0.25) is 0 Å². The average Bonchev–Trinajstić information content (AvgIpc) is 3.11. The second-order valence-electron chi connectivity index (χ2n) is 6.17. The van der Waals surface area contributed by atoms with E-state index in [1.165, 1.54) is 12.1 Å². The van der Waals surface area contributed by atoms with Gasteiger partial charge in [-0.3, -0.25) is 4.79 Å². The minimum atomic E-state index is -4.76. The first kappa shape index (κ1) is 19.0. The third-order valence-electron chi connectivity index (χ3n) is 4.32. The van der Waals surface area contributed by atoms with Crippen molar-refractivity contribution in [3.8, 4) is 5.75 Å². The molecule has 1 heterocycles. The van der Waals surface area contributed by atoms with Gasteiger partial charge in [-0.1, -0.05) is 0 Å². The topological polar surface area (TPSA) is 50.8 Å². The summed E-state index contributed by atoms with van der Waals surface area (Å²) in [7, 11) is 1.70. The molecule has 0 spiro atoms. The third-order valence-corrected chi connectivity index (χ3v) is 4.32. The molecule has 8 heteroatoms. The molecule has 1 N–H and O–H groups in total. The normalized spacial score (nSPS) is 17.0. The van der Waals surface area contributed by atoms with Crippen LogP contribution in [0.15, 0.2) is 48.5 Å². The Morgan fingerprint density at radius 2 is 1.78 bits per heavy atom. The van der Waals surface area contributed by atoms with E-state index in [0.717, 1.165) is 37.3 Å². The van der Waals surface area contributed by atoms with Crippen LogP contribution in [0.4, 0.5) is 24.5 Å². The standard InChI is InChI=1S/C19H19F3N2O3/c1-26-17-10-11-24(12-17)15-6-4-14(5-7-15)23-18(25)13-2-8-16(9-3-13)27-19(20,21)22/h2-9,17H,10-12H2,1H3,(H,23,25). The van der Waals surface area contributed by atoms with E-state index < -0.39 is 12.3 Å². The van der Waals surface area contributed by atoms with E-state index >= 15 is 0 Å². The molecule has 0 bridgehead atoms. The fraction of sp³-hybridized carbons (Fsp3) is 0.316. The van der Waals surface area contributed by atoms with Crippen LogP contribution >= 0.6 is 0 Å². The number of hydrogen-bond donors (Lipinski definition) is 1. The molecule has 5 nitrogen and oxygen atoms in total. The summed E-state index contributed by atoms with van der Waals surface area (Å²) in [6.45, 7) is 1.74. The minimum Gasteiger partial charge on any atom is -0.406 e. The smallest absolute Gasteiger partial charge is 0.406 e. The predicted octanol–water partition coefficient (Wildman–Crippen LogP) is 4.06. The molecule has 1 unspecified atom stereocenters. The maximum Gasteiger partial charge on any atom is 0.573 e. The molecule has 0 aliphatic carbocycles. The van der Waals surface area contributed by atoms with Gasteiger partial charge in [0.05, 0.1) is 6.10 Å². The summed E-state index contributed by atoms with van der Waals surface area (Å²) in [5, 5.41) is 2.72. The monoisotopic (exact) mass is 380 g/mol. The second kappa shape index (κ2) is 7.87. The number of methoxy groups -OCH3 is 1. The lowest BCUT2D eigenvalue weighted by molar-refractivity contribution is -0.274. The number of carbonyl (C=O) groups is 1. The maximum absolute atomic E-state index is 12.2. The van der Waals surface area contributed by atoms with E-state index in [2.05, 4.69) is 15.0 Å². The van der Waals surface area contributed by atoms with Crippen molar-refractivity contribution in [3.63, 3.8) is 0 Å². The molecule has 1 fully saturated rings. The number of amides is 1. The molecule has 1 aliphatic rings. The van der Waals surface area contributed by atoms with Crippen molar-refractivity contribution in [2.45, 2.75) is 18.9 Å². The predicted molar refractivity (Wildman–Crippen MR) is 95.1 cm³/mol. The van der Waals surface area contributed by atoms with Crippen molar-refractivity contribution in [1.82, 2.24) is 0 Å². The molecule has 3 rings (SSSR count). The molecule has 27 heavy (non-hydrogen) atoms. The largest absolute Gasteiger partial charge is 0.573 e. The number of nitrogens with one attached hydrogen (secondary N) is 1. The van der Waals surface area contributed by atoms with E-state index in [4.69, 9.17) is 4.74 Å². The Balaban J connectivity index is 1.59. The molecule has 1 aliphatic heterocycles. The Morgan fingerprint density at radius 1 is 1.11 bits per heavy atom. The zero-order valence-electron chi connectivity index (χ0n) is 14.6. The fourth-order valence-corrected chi connectivity index (χ4v) is 2.92. The van der Waals surface area contributed by atoms with Gasteiger partial charge in [0, 0.05) is 37.1 Å². The Bertz CT molecular complexity index is 776. The Kier molecular flexibility index (Phi) is 5.55. The van der Waals surface area contributed by atoms with Crippen LogP contribution in [-0.4, -0.2) is 38.6 Å². The van der Waals surface area contributed by atoms with Gasteiger partial charge in [0.15, 0.2) is 0 Å². The zero-order chi connectivity index (χ0) is 19.4. The van der Waals surface area contributed by atoms with E-state index in [1.54, 1.807) is 19.2 Å². The summed E-state index contributed by atoms with van der Waals surface area (Å²) in [4.78, 5) is 14.4. The number of anilines is 2. The molecule has 1 amide bonds. The first-order chi connectivity index (χ1) is 12.8. The number of halogens is 3. The van der Waals surface area contributed by atoms with Gasteiger partial charge in [-0.15, -0.1) is 13.2 Å². The molecule has 0 radical (unpaired) electrons. The Labute approximate surface area is 154 Å². The number of benzene rings is 2. The fourth-order valence-electron chi connectivity index (χ4n) is 2.92. The highest BCUT2D eigenvalue weighted by Gasteiger charge is 2.31. The van der Waals surface area contributed by atoms with Crippen LogP contribution in [0, 0.1) is 0 Å². The molecule has 2 aromatic carbocycles. The molecule has 1 atom stereocenters. The highest BCUT2D eigenvalue weighted by atomic mass is 19.4. The maximum atomic E-state index is 12.2. The van der Waals surface area contributed by atoms with Crippen LogP contribution < -0.4 is 15.0 Å². The van der Waals surface area contributed by atoms with Gasteiger partial charge in [-0.2, -0.15) is 0 Å². The van der Waals surface area contributed by atoms with Crippen LogP contribution in [0.5, 0.6) is 5.75 Å². The van der Waals surface area contributed by atoms with Crippen molar-refractivity contribution in [2.24, 2.45) is 0 Å². The second-order valence-corrected chi connectivity index (χ2v) is 6.17. The molecular weight excluding hydrogens is 361 g/mol. The highest BCUT2D eigenvalue weighted by molar-refractivity contribution is 6.04. The van der Waals surface area contributed by atoms with Crippen LogP contribution in [0.25, 0.3) is 0 Å². The molecule has 0 saturated carbocycles. The zero-order valence-corrected chi connectivity index (χ0v) is 14.6. The number of alkyl halides is 3. The number of rotatable bonds is 5. The van der Waals surface area contributed by atoms with Gasteiger partial charge in [-0.25, -0.2) is 0 Å². The highest BCUT2D eigenvalue weighted by Crippen LogP contribution is 2.25. The SMILES string of the molecule is COC1CCN(c2ccc(NC(=O)c3ccc(OC(F)(F)F)cc3)cc2)C1. The summed E-state index contributed by atoms with van der Waals surface area (Å²) in [5.41, 5.74) is 1.87. The average molecular weight is 380 g/mol. The minimum absolute atomic E-state index is 0.230. The summed E-state index contributed by atoms with van der Waals surface area (Å²) in [5.74, 6) is -0.787. The first-order valence-electron chi connectivity index (χ1n) is 8.39. The summed E-state index contributed by atoms with van der Waals surface area (Å²) in [6.07, 6.45) is -3.55.